The maximum absolute atomic E-state index is 5.64. The molecule has 0 aromatic heterocycles. The van der Waals surface area contributed by atoms with E-state index in [0.29, 0.717) is 11.4 Å². The number of nitrogens with two attached hydrogens (primary N) is 4. The van der Waals surface area contributed by atoms with Gasteiger partial charge in [-0.15, -0.1) is 0 Å². The molecular weight excluding hydrogens is 376 g/mol. The van der Waals surface area contributed by atoms with Gasteiger partial charge in [0.1, 0.15) is 23.0 Å². The minimum Gasteiger partial charge on any atom is -0.457 e. The summed E-state index contributed by atoms with van der Waals surface area (Å²) in [5.41, 5.74) is 25.2. The fourth-order valence-corrected chi connectivity index (χ4v) is 2.50. The van der Waals surface area contributed by atoms with Crippen LogP contribution in [0.4, 0.5) is 22.7 Å². The Morgan fingerprint density at radius 2 is 0.733 bits per heavy atom. The monoisotopic (exact) mass is 400 g/mol. The highest BCUT2D eigenvalue weighted by atomic mass is 16.5. The topological polar surface area (TPSA) is 123 Å². The van der Waals surface area contributed by atoms with E-state index in [2.05, 4.69) is 0 Å². The standard InChI is InChI=1S/2C12H12N2O/c2*13-9-4-6-11(7-5-9)15-12-3-1-2-10(14)8-12/h2*1-8H,13-14H2. The van der Waals surface area contributed by atoms with Crippen molar-refractivity contribution in [3.63, 3.8) is 0 Å². The first-order valence-electron chi connectivity index (χ1n) is 9.26. The SMILES string of the molecule is Nc1ccc(Oc2cccc(N)c2)cc1.Nc1ccc(Oc2cccc(N)c2)cc1. The van der Waals surface area contributed by atoms with Crippen molar-refractivity contribution in [3.8, 4) is 23.0 Å². The van der Waals surface area contributed by atoms with E-state index in [-0.39, 0.29) is 0 Å². The number of ether oxygens (including phenoxy) is 2. The third-order valence-corrected chi connectivity index (χ3v) is 3.95. The molecule has 30 heavy (non-hydrogen) atoms. The number of anilines is 4. The summed E-state index contributed by atoms with van der Waals surface area (Å²) >= 11 is 0. The molecule has 0 radical (unpaired) electrons. The molecule has 0 bridgehead atoms. The molecule has 8 N–H and O–H groups in total. The normalized spacial score (nSPS) is 9.87. The van der Waals surface area contributed by atoms with E-state index in [1.54, 1.807) is 36.4 Å². The van der Waals surface area contributed by atoms with Crippen LogP contribution in [0.3, 0.4) is 0 Å². The Morgan fingerprint density at radius 3 is 1.07 bits per heavy atom. The molecule has 0 saturated heterocycles. The summed E-state index contributed by atoms with van der Waals surface area (Å²) in [5.74, 6) is 2.93. The van der Waals surface area contributed by atoms with Crippen LogP contribution in [0.15, 0.2) is 97.1 Å². The first-order chi connectivity index (χ1) is 14.5. The van der Waals surface area contributed by atoms with Crippen LogP contribution in [0.5, 0.6) is 23.0 Å². The van der Waals surface area contributed by atoms with Gasteiger partial charge in [0.2, 0.25) is 0 Å². The second-order valence-corrected chi connectivity index (χ2v) is 6.49. The summed E-state index contributed by atoms with van der Waals surface area (Å²) in [7, 11) is 0. The lowest BCUT2D eigenvalue weighted by Crippen LogP contribution is -1.88. The molecule has 6 nitrogen and oxygen atoms in total. The first-order valence-corrected chi connectivity index (χ1v) is 9.26. The van der Waals surface area contributed by atoms with Crippen molar-refractivity contribution in [2.75, 3.05) is 22.9 Å². The zero-order valence-electron chi connectivity index (χ0n) is 16.4. The van der Waals surface area contributed by atoms with Crippen molar-refractivity contribution in [3.05, 3.63) is 97.1 Å². The molecule has 0 amide bonds. The van der Waals surface area contributed by atoms with Gasteiger partial charge in [-0.05, 0) is 72.8 Å². The van der Waals surface area contributed by atoms with Gasteiger partial charge in [-0.25, -0.2) is 0 Å². The average molecular weight is 400 g/mol. The molecule has 0 aliphatic heterocycles. The smallest absolute Gasteiger partial charge is 0.129 e. The highest BCUT2D eigenvalue weighted by Crippen LogP contribution is 2.24. The van der Waals surface area contributed by atoms with Crippen LogP contribution in [0.25, 0.3) is 0 Å². The number of benzene rings is 4. The minimum absolute atomic E-state index is 0.683. The largest absolute Gasteiger partial charge is 0.457 e. The zero-order chi connectivity index (χ0) is 21.3. The second-order valence-electron chi connectivity index (χ2n) is 6.49. The molecule has 0 fully saturated rings. The molecule has 152 valence electrons. The van der Waals surface area contributed by atoms with Gasteiger partial charge in [0, 0.05) is 34.9 Å². The predicted molar refractivity (Wildman–Crippen MR) is 124 cm³/mol. The highest BCUT2D eigenvalue weighted by molar-refractivity contribution is 5.48. The number of hydrogen-bond donors (Lipinski definition) is 4. The summed E-state index contributed by atoms with van der Waals surface area (Å²) in [4.78, 5) is 0. The maximum Gasteiger partial charge on any atom is 0.129 e. The van der Waals surface area contributed by atoms with E-state index in [1.807, 2.05) is 60.7 Å². The van der Waals surface area contributed by atoms with Crippen molar-refractivity contribution in [1.29, 1.82) is 0 Å². The predicted octanol–water partition coefficient (Wildman–Crippen LogP) is 5.29. The highest BCUT2D eigenvalue weighted by Gasteiger charge is 1.98. The molecule has 0 aliphatic rings. The summed E-state index contributed by atoms with van der Waals surface area (Å²) in [6.45, 7) is 0. The molecule has 4 rings (SSSR count). The fourth-order valence-electron chi connectivity index (χ4n) is 2.50. The third kappa shape index (κ3) is 6.38. The van der Waals surface area contributed by atoms with E-state index in [0.717, 1.165) is 34.4 Å². The summed E-state index contributed by atoms with van der Waals surface area (Å²) in [6, 6.07) is 29.0. The third-order valence-electron chi connectivity index (χ3n) is 3.95. The van der Waals surface area contributed by atoms with Crippen molar-refractivity contribution in [1.82, 2.24) is 0 Å². The van der Waals surface area contributed by atoms with Crippen LogP contribution in [0.2, 0.25) is 0 Å². The van der Waals surface area contributed by atoms with Crippen LogP contribution in [0.1, 0.15) is 0 Å². The lowest BCUT2D eigenvalue weighted by molar-refractivity contribution is 0.483. The quantitative estimate of drug-likeness (QED) is 0.345. The summed E-state index contributed by atoms with van der Waals surface area (Å²) < 4.78 is 11.2. The summed E-state index contributed by atoms with van der Waals surface area (Å²) in [5, 5.41) is 0. The van der Waals surface area contributed by atoms with Crippen LogP contribution >= 0.6 is 0 Å². The molecule has 0 unspecified atom stereocenters. The molecule has 0 saturated carbocycles. The molecule has 6 heteroatoms. The van der Waals surface area contributed by atoms with Crippen LogP contribution in [-0.2, 0) is 0 Å². The van der Waals surface area contributed by atoms with E-state index < -0.39 is 0 Å². The van der Waals surface area contributed by atoms with Crippen molar-refractivity contribution < 1.29 is 9.47 Å². The number of hydrogen-bond acceptors (Lipinski definition) is 6. The number of rotatable bonds is 4. The van der Waals surface area contributed by atoms with Gasteiger partial charge < -0.3 is 32.4 Å². The Kier molecular flexibility index (Phi) is 6.63. The second kappa shape index (κ2) is 9.75. The van der Waals surface area contributed by atoms with Gasteiger partial charge in [0.05, 0.1) is 0 Å². The molecule has 0 aliphatic carbocycles. The van der Waals surface area contributed by atoms with Gasteiger partial charge in [-0.2, -0.15) is 0 Å². The molecule has 0 atom stereocenters. The van der Waals surface area contributed by atoms with E-state index in [9.17, 15) is 0 Å². The van der Waals surface area contributed by atoms with E-state index in [1.165, 1.54) is 0 Å². The maximum atomic E-state index is 5.64. The lowest BCUT2D eigenvalue weighted by atomic mass is 10.3. The fraction of sp³-hybridized carbons (Fsp3) is 0. The minimum atomic E-state index is 0.683. The molecule has 0 heterocycles. The summed E-state index contributed by atoms with van der Waals surface area (Å²) in [6.07, 6.45) is 0. The van der Waals surface area contributed by atoms with Gasteiger partial charge in [-0.1, -0.05) is 12.1 Å². The van der Waals surface area contributed by atoms with E-state index in [4.69, 9.17) is 32.4 Å². The molecular formula is C24H24N4O2. The van der Waals surface area contributed by atoms with Gasteiger partial charge >= 0.3 is 0 Å². The van der Waals surface area contributed by atoms with Crippen LogP contribution in [-0.4, -0.2) is 0 Å². The van der Waals surface area contributed by atoms with Crippen molar-refractivity contribution in [2.45, 2.75) is 0 Å². The van der Waals surface area contributed by atoms with Gasteiger partial charge in [-0.3, -0.25) is 0 Å². The zero-order valence-corrected chi connectivity index (χ0v) is 16.4. The Labute approximate surface area is 175 Å². The molecule has 4 aromatic rings. The average Bonchev–Trinajstić information content (AvgIpc) is 2.72. The van der Waals surface area contributed by atoms with Crippen molar-refractivity contribution >= 4 is 22.7 Å². The molecule has 0 spiro atoms. The lowest BCUT2D eigenvalue weighted by Gasteiger charge is -2.06. The Morgan fingerprint density at radius 1 is 0.367 bits per heavy atom. The first kappa shape index (κ1) is 20.4. The Hall–Kier alpha value is -4.32. The number of nitrogen functional groups attached to an aromatic ring is 4. The van der Waals surface area contributed by atoms with Crippen LogP contribution in [0, 0.1) is 0 Å². The van der Waals surface area contributed by atoms with Gasteiger partial charge in [0.15, 0.2) is 0 Å². The van der Waals surface area contributed by atoms with E-state index >= 15 is 0 Å². The van der Waals surface area contributed by atoms with Gasteiger partial charge in [0.25, 0.3) is 0 Å². The molecule has 4 aromatic carbocycles. The Balaban J connectivity index is 0.000000171. The van der Waals surface area contributed by atoms with Crippen molar-refractivity contribution in [2.24, 2.45) is 0 Å². The van der Waals surface area contributed by atoms with Crippen LogP contribution < -0.4 is 32.4 Å². The Bertz CT molecular complexity index is 992.